The van der Waals surface area contributed by atoms with Crippen LogP contribution in [0.1, 0.15) is 43.0 Å². The molecule has 0 saturated heterocycles. The lowest BCUT2D eigenvalue weighted by atomic mass is 9.93. The van der Waals surface area contributed by atoms with Gasteiger partial charge in [0.05, 0.1) is 18.8 Å². The molecular weight excluding hydrogens is 312 g/mol. The van der Waals surface area contributed by atoms with Gasteiger partial charge in [0, 0.05) is 14.1 Å². The third kappa shape index (κ3) is 4.52. The normalized spacial score (nSPS) is 20.0. The molecule has 1 saturated carbocycles. The average molecular weight is 334 g/mol. The van der Waals surface area contributed by atoms with Gasteiger partial charge in [-0.05, 0) is 32.6 Å². The molecule has 0 unspecified atom stereocenters. The Morgan fingerprint density at radius 3 is 2.67 bits per heavy atom. The first-order chi connectivity index (χ1) is 11.5. The van der Waals surface area contributed by atoms with Gasteiger partial charge in [0.2, 0.25) is 17.9 Å². The number of aromatic nitrogens is 2. The Kier molecular flexibility index (Phi) is 6.26. The number of hydrogen-bond donors (Lipinski definition) is 0. The fourth-order valence-electron chi connectivity index (χ4n) is 2.54. The molecule has 0 atom stereocenters. The molecule has 2 rings (SSSR count). The summed E-state index contributed by atoms with van der Waals surface area (Å²) in [5.41, 5.74) is 0.218. The maximum absolute atomic E-state index is 12.1. The van der Waals surface area contributed by atoms with Gasteiger partial charge in [-0.3, -0.25) is 0 Å². The monoisotopic (exact) mass is 334 g/mol. The highest BCUT2D eigenvalue weighted by Crippen LogP contribution is 2.27. The van der Waals surface area contributed by atoms with Crippen molar-refractivity contribution < 1.29 is 19.1 Å². The van der Waals surface area contributed by atoms with E-state index < -0.39 is 5.97 Å². The van der Waals surface area contributed by atoms with Crippen LogP contribution in [0.25, 0.3) is 0 Å². The summed E-state index contributed by atoms with van der Waals surface area (Å²) in [6.45, 7) is 2.00. The molecule has 1 fully saturated rings. The van der Waals surface area contributed by atoms with Crippen molar-refractivity contribution in [1.29, 1.82) is 0 Å². The molecular formula is C16H22N4O4. The number of nitrogens with zero attached hydrogens (tertiary/aromatic N) is 4. The highest BCUT2D eigenvalue weighted by atomic mass is 16.5. The molecule has 0 amide bonds. The number of esters is 1. The van der Waals surface area contributed by atoms with E-state index in [1.165, 1.54) is 6.20 Å². The Morgan fingerprint density at radius 1 is 1.38 bits per heavy atom. The zero-order valence-corrected chi connectivity index (χ0v) is 14.2. The topological polar surface area (TPSA) is 94.0 Å². The maximum Gasteiger partial charge on any atom is 0.345 e. The van der Waals surface area contributed by atoms with Crippen LogP contribution in [0.5, 0.6) is 5.88 Å². The van der Waals surface area contributed by atoms with Crippen LogP contribution in [-0.4, -0.2) is 54.9 Å². The lowest BCUT2D eigenvalue weighted by Gasteiger charge is -2.26. The van der Waals surface area contributed by atoms with E-state index in [0.717, 1.165) is 25.7 Å². The van der Waals surface area contributed by atoms with Crippen molar-refractivity contribution in [3.63, 3.8) is 0 Å². The smallest absolute Gasteiger partial charge is 0.345 e. The summed E-state index contributed by atoms with van der Waals surface area (Å²) in [6, 6.07) is 0.00890. The second kappa shape index (κ2) is 8.40. The van der Waals surface area contributed by atoms with E-state index in [1.807, 2.05) is 14.1 Å². The maximum atomic E-state index is 12.1. The summed E-state index contributed by atoms with van der Waals surface area (Å²) in [7, 11) is 3.62. The lowest BCUT2D eigenvalue weighted by molar-refractivity contribution is 0.0513. The van der Waals surface area contributed by atoms with Crippen molar-refractivity contribution in [2.75, 3.05) is 25.6 Å². The van der Waals surface area contributed by atoms with E-state index in [4.69, 9.17) is 9.47 Å². The number of aliphatic imine (C=N–C) groups is 1. The number of carbonyl (C=O) groups excluding carboxylic acids is 2. The standard InChI is InChI=1S/C16H22N4O4/c1-4-23-15(22)13-9-17-16(20(2)3)19-14(13)24-12-7-5-11(6-8-12)18-10-21/h9,11-12H,4-8H2,1-3H3. The second-order valence-corrected chi connectivity index (χ2v) is 5.77. The summed E-state index contributed by atoms with van der Waals surface area (Å²) in [4.78, 5) is 36.4. The van der Waals surface area contributed by atoms with Gasteiger partial charge < -0.3 is 14.4 Å². The Hall–Kier alpha value is -2.47. The predicted molar refractivity (Wildman–Crippen MR) is 87.1 cm³/mol. The minimum atomic E-state index is -0.503. The quantitative estimate of drug-likeness (QED) is 0.444. The molecule has 0 radical (unpaired) electrons. The molecule has 130 valence electrons. The minimum Gasteiger partial charge on any atom is -0.474 e. The van der Waals surface area contributed by atoms with E-state index in [9.17, 15) is 9.59 Å². The highest BCUT2D eigenvalue weighted by molar-refractivity contribution is 5.91. The summed E-state index contributed by atoms with van der Waals surface area (Å²) >= 11 is 0. The Bertz CT molecular complexity index is 621. The third-order valence-corrected chi connectivity index (χ3v) is 3.79. The number of hydrogen-bond acceptors (Lipinski definition) is 8. The van der Waals surface area contributed by atoms with Gasteiger partial charge in [-0.25, -0.2) is 19.6 Å². The van der Waals surface area contributed by atoms with E-state index in [2.05, 4.69) is 15.0 Å². The van der Waals surface area contributed by atoms with Crippen LogP contribution < -0.4 is 9.64 Å². The van der Waals surface area contributed by atoms with Crippen molar-refractivity contribution in [3.8, 4) is 5.88 Å². The highest BCUT2D eigenvalue weighted by Gasteiger charge is 2.25. The Labute approximate surface area is 140 Å². The van der Waals surface area contributed by atoms with Gasteiger partial charge in [0.1, 0.15) is 11.7 Å². The average Bonchev–Trinajstić information content (AvgIpc) is 2.57. The molecule has 1 aliphatic rings. The van der Waals surface area contributed by atoms with Crippen LogP contribution in [0.2, 0.25) is 0 Å². The van der Waals surface area contributed by atoms with Gasteiger partial charge in [-0.15, -0.1) is 0 Å². The van der Waals surface area contributed by atoms with Crippen molar-refractivity contribution in [3.05, 3.63) is 11.8 Å². The van der Waals surface area contributed by atoms with Crippen LogP contribution in [0.15, 0.2) is 11.2 Å². The van der Waals surface area contributed by atoms with Gasteiger partial charge in [0.15, 0.2) is 0 Å². The van der Waals surface area contributed by atoms with Gasteiger partial charge >= 0.3 is 5.97 Å². The molecule has 0 spiro atoms. The molecule has 0 bridgehead atoms. The lowest BCUT2D eigenvalue weighted by Crippen LogP contribution is -2.27. The number of rotatable bonds is 6. The number of anilines is 1. The first-order valence-electron chi connectivity index (χ1n) is 8.00. The first-order valence-corrected chi connectivity index (χ1v) is 8.00. The molecule has 0 aliphatic heterocycles. The zero-order valence-electron chi connectivity index (χ0n) is 14.2. The third-order valence-electron chi connectivity index (χ3n) is 3.79. The van der Waals surface area contributed by atoms with Gasteiger partial charge in [0.25, 0.3) is 0 Å². The molecule has 1 aliphatic carbocycles. The molecule has 1 heterocycles. The summed E-state index contributed by atoms with van der Waals surface area (Å²) in [5.74, 6) is 0.184. The Morgan fingerprint density at radius 2 is 2.08 bits per heavy atom. The fraction of sp³-hybridized carbons (Fsp3) is 0.625. The van der Waals surface area contributed by atoms with Crippen molar-refractivity contribution in [2.45, 2.75) is 44.8 Å². The van der Waals surface area contributed by atoms with Crippen LogP contribution in [0, 0.1) is 0 Å². The number of isocyanates is 1. The summed E-state index contributed by atoms with van der Waals surface area (Å²) in [5, 5.41) is 0. The molecule has 0 N–H and O–H groups in total. The molecule has 24 heavy (non-hydrogen) atoms. The van der Waals surface area contributed by atoms with Gasteiger partial charge in [-0.1, -0.05) is 0 Å². The van der Waals surface area contributed by atoms with Crippen molar-refractivity contribution >= 4 is 18.0 Å². The van der Waals surface area contributed by atoms with Crippen LogP contribution >= 0.6 is 0 Å². The second-order valence-electron chi connectivity index (χ2n) is 5.77. The summed E-state index contributed by atoms with van der Waals surface area (Å²) in [6.07, 6.45) is 5.92. The fourth-order valence-corrected chi connectivity index (χ4v) is 2.54. The van der Waals surface area contributed by atoms with Crippen molar-refractivity contribution in [1.82, 2.24) is 9.97 Å². The Balaban J connectivity index is 2.16. The molecule has 8 nitrogen and oxygen atoms in total. The van der Waals surface area contributed by atoms with E-state index in [-0.39, 0.29) is 30.2 Å². The SMILES string of the molecule is CCOC(=O)c1cnc(N(C)C)nc1OC1CCC(N=C=O)CC1. The molecule has 1 aromatic rings. The van der Waals surface area contributed by atoms with Crippen LogP contribution in [0.3, 0.4) is 0 Å². The largest absolute Gasteiger partial charge is 0.474 e. The van der Waals surface area contributed by atoms with Crippen LogP contribution in [0.4, 0.5) is 5.95 Å². The van der Waals surface area contributed by atoms with E-state index in [0.29, 0.717) is 5.95 Å². The number of carbonyl (C=O) groups is 1. The summed E-state index contributed by atoms with van der Waals surface area (Å²) < 4.78 is 11.0. The number of ether oxygens (including phenoxy) is 2. The van der Waals surface area contributed by atoms with Gasteiger partial charge in [-0.2, -0.15) is 4.98 Å². The minimum absolute atomic E-state index is 0.00890. The molecule has 8 heteroatoms. The molecule has 1 aromatic heterocycles. The molecule has 0 aromatic carbocycles. The first kappa shape index (κ1) is 17.9. The van der Waals surface area contributed by atoms with E-state index in [1.54, 1.807) is 17.9 Å². The van der Waals surface area contributed by atoms with Crippen molar-refractivity contribution in [2.24, 2.45) is 4.99 Å². The zero-order chi connectivity index (χ0) is 17.5. The predicted octanol–water partition coefficient (Wildman–Crippen LogP) is 1.75. The van der Waals surface area contributed by atoms with Crippen LogP contribution in [-0.2, 0) is 9.53 Å². The van der Waals surface area contributed by atoms with E-state index >= 15 is 0 Å².